The van der Waals surface area contributed by atoms with Crippen LogP contribution in [0.25, 0.3) is 10.9 Å². The molecule has 0 fully saturated rings. The molecule has 0 saturated carbocycles. The maximum absolute atomic E-state index is 12.2. The molecule has 0 bridgehead atoms. The highest BCUT2D eigenvalue weighted by molar-refractivity contribution is 9.10. The van der Waals surface area contributed by atoms with Crippen LogP contribution in [0.15, 0.2) is 64.1 Å². The molecule has 2 aromatic carbocycles. The van der Waals surface area contributed by atoms with E-state index >= 15 is 0 Å². The smallest absolute Gasteiger partial charge is 0.240 e. The Hall–Kier alpha value is -1.63. The third-order valence-electron chi connectivity index (χ3n) is 3.49. The summed E-state index contributed by atoms with van der Waals surface area (Å²) in [6.07, 6.45) is 2.57. The molecule has 0 aliphatic carbocycles. The van der Waals surface area contributed by atoms with Gasteiger partial charge in [0.2, 0.25) is 10.0 Å². The Bertz CT molecular complexity index is 886. The maximum atomic E-state index is 12.2. The Kier molecular flexibility index (Phi) is 4.33. The summed E-state index contributed by atoms with van der Waals surface area (Å²) in [5.41, 5.74) is 2.17. The van der Waals surface area contributed by atoms with Gasteiger partial charge >= 0.3 is 0 Å². The van der Waals surface area contributed by atoms with Crippen molar-refractivity contribution in [1.29, 1.82) is 0 Å². The normalized spacial score (nSPS) is 11.9. The van der Waals surface area contributed by atoms with Gasteiger partial charge in [0.25, 0.3) is 0 Å². The van der Waals surface area contributed by atoms with Crippen LogP contribution in [0.2, 0.25) is 0 Å². The molecule has 0 atom stereocenters. The molecule has 22 heavy (non-hydrogen) atoms. The minimum Gasteiger partial charge on any atom is -0.361 e. The second-order valence-corrected chi connectivity index (χ2v) is 7.64. The van der Waals surface area contributed by atoms with Crippen LogP contribution in [-0.2, 0) is 16.4 Å². The van der Waals surface area contributed by atoms with Crippen molar-refractivity contribution in [2.24, 2.45) is 0 Å². The summed E-state index contributed by atoms with van der Waals surface area (Å²) in [6.45, 7) is 0.361. The Labute approximate surface area is 137 Å². The second kappa shape index (κ2) is 6.24. The predicted molar refractivity (Wildman–Crippen MR) is 91.3 cm³/mol. The summed E-state index contributed by atoms with van der Waals surface area (Å²) in [5.74, 6) is 0. The van der Waals surface area contributed by atoms with Gasteiger partial charge in [0.05, 0.1) is 4.90 Å². The number of para-hydroxylation sites is 1. The van der Waals surface area contributed by atoms with Crippen LogP contribution in [0.5, 0.6) is 0 Å². The molecule has 2 N–H and O–H groups in total. The number of nitrogens with one attached hydrogen (secondary N) is 2. The quantitative estimate of drug-likeness (QED) is 0.713. The van der Waals surface area contributed by atoms with Crippen molar-refractivity contribution >= 4 is 36.9 Å². The maximum Gasteiger partial charge on any atom is 0.240 e. The van der Waals surface area contributed by atoms with E-state index < -0.39 is 10.0 Å². The summed E-state index contributed by atoms with van der Waals surface area (Å²) in [7, 11) is -3.46. The highest BCUT2D eigenvalue weighted by atomic mass is 79.9. The highest BCUT2D eigenvalue weighted by Gasteiger charge is 2.13. The van der Waals surface area contributed by atoms with Gasteiger partial charge in [-0.1, -0.05) is 34.1 Å². The summed E-state index contributed by atoms with van der Waals surface area (Å²) in [4.78, 5) is 3.46. The third kappa shape index (κ3) is 3.24. The van der Waals surface area contributed by atoms with Crippen molar-refractivity contribution in [3.05, 3.63) is 64.8 Å². The second-order valence-electron chi connectivity index (χ2n) is 4.96. The van der Waals surface area contributed by atoms with E-state index in [0.29, 0.717) is 13.0 Å². The molecule has 3 rings (SSSR count). The Balaban J connectivity index is 1.68. The van der Waals surface area contributed by atoms with Crippen molar-refractivity contribution in [3.8, 4) is 0 Å². The van der Waals surface area contributed by atoms with Crippen molar-refractivity contribution in [2.75, 3.05) is 6.54 Å². The van der Waals surface area contributed by atoms with Gasteiger partial charge in [-0.2, -0.15) is 0 Å². The molecule has 114 valence electrons. The average molecular weight is 379 g/mol. The number of hydrogen-bond acceptors (Lipinski definition) is 2. The van der Waals surface area contributed by atoms with E-state index in [-0.39, 0.29) is 4.90 Å². The van der Waals surface area contributed by atoms with Crippen molar-refractivity contribution < 1.29 is 8.42 Å². The molecule has 0 amide bonds. The summed E-state index contributed by atoms with van der Waals surface area (Å²) in [6, 6.07) is 14.6. The van der Waals surface area contributed by atoms with Crippen LogP contribution in [-0.4, -0.2) is 19.9 Å². The van der Waals surface area contributed by atoms with Gasteiger partial charge in [-0.05, 0) is 42.3 Å². The fourth-order valence-electron chi connectivity index (χ4n) is 2.36. The molecule has 6 heteroatoms. The zero-order valence-corrected chi connectivity index (χ0v) is 14.1. The van der Waals surface area contributed by atoms with Gasteiger partial charge in [0, 0.05) is 28.1 Å². The van der Waals surface area contributed by atoms with E-state index in [1.807, 2.05) is 30.5 Å². The van der Waals surface area contributed by atoms with Gasteiger partial charge in [-0.15, -0.1) is 0 Å². The van der Waals surface area contributed by atoms with Crippen LogP contribution in [0.4, 0.5) is 0 Å². The monoisotopic (exact) mass is 378 g/mol. The average Bonchev–Trinajstić information content (AvgIpc) is 2.91. The van der Waals surface area contributed by atoms with E-state index in [9.17, 15) is 8.42 Å². The molecule has 0 saturated heterocycles. The molecule has 0 aliphatic rings. The van der Waals surface area contributed by atoms with Gasteiger partial charge in [-0.25, -0.2) is 13.1 Å². The van der Waals surface area contributed by atoms with Gasteiger partial charge in [-0.3, -0.25) is 0 Å². The van der Waals surface area contributed by atoms with E-state index in [1.165, 1.54) is 0 Å². The lowest BCUT2D eigenvalue weighted by Gasteiger charge is -2.06. The predicted octanol–water partition coefficient (Wildman–Crippen LogP) is 3.45. The zero-order valence-electron chi connectivity index (χ0n) is 11.7. The number of fused-ring (bicyclic) bond motifs is 1. The molecular weight excluding hydrogens is 364 g/mol. The van der Waals surface area contributed by atoms with Gasteiger partial charge < -0.3 is 4.98 Å². The van der Waals surface area contributed by atoms with Crippen LogP contribution in [0, 0.1) is 0 Å². The Morgan fingerprint density at radius 3 is 2.55 bits per heavy atom. The fraction of sp³-hybridized carbons (Fsp3) is 0.125. The lowest BCUT2D eigenvalue weighted by Crippen LogP contribution is -2.25. The third-order valence-corrected chi connectivity index (χ3v) is 5.49. The molecular formula is C16H15BrN2O2S. The lowest BCUT2D eigenvalue weighted by molar-refractivity contribution is 0.581. The summed E-state index contributed by atoms with van der Waals surface area (Å²) >= 11 is 3.30. The SMILES string of the molecule is O=S(=O)(NCCc1c[nH]c2ccccc12)c1ccc(Br)cc1. The first-order valence-electron chi connectivity index (χ1n) is 6.86. The van der Waals surface area contributed by atoms with Crippen molar-refractivity contribution in [3.63, 3.8) is 0 Å². The zero-order chi connectivity index (χ0) is 15.6. The first-order chi connectivity index (χ1) is 10.6. The number of H-pyrrole nitrogens is 1. The van der Waals surface area contributed by atoms with E-state index in [2.05, 4.69) is 25.6 Å². The molecule has 1 heterocycles. The Morgan fingerprint density at radius 2 is 1.77 bits per heavy atom. The van der Waals surface area contributed by atoms with Gasteiger partial charge in [0.15, 0.2) is 0 Å². The first kappa shape index (κ1) is 15.3. The molecule has 3 aromatic rings. The Morgan fingerprint density at radius 1 is 1.05 bits per heavy atom. The first-order valence-corrected chi connectivity index (χ1v) is 9.14. The highest BCUT2D eigenvalue weighted by Crippen LogP contribution is 2.18. The minimum atomic E-state index is -3.46. The van der Waals surface area contributed by atoms with Crippen LogP contribution in [0.1, 0.15) is 5.56 Å². The minimum absolute atomic E-state index is 0.273. The van der Waals surface area contributed by atoms with E-state index in [0.717, 1.165) is 20.9 Å². The number of sulfonamides is 1. The van der Waals surface area contributed by atoms with Crippen LogP contribution >= 0.6 is 15.9 Å². The summed E-state index contributed by atoms with van der Waals surface area (Å²) in [5, 5.41) is 1.13. The number of rotatable bonds is 5. The summed E-state index contributed by atoms with van der Waals surface area (Å²) < 4.78 is 27.9. The van der Waals surface area contributed by atoms with E-state index in [4.69, 9.17) is 0 Å². The van der Waals surface area contributed by atoms with E-state index in [1.54, 1.807) is 24.3 Å². The number of hydrogen-bond donors (Lipinski definition) is 2. The van der Waals surface area contributed by atoms with Gasteiger partial charge in [0.1, 0.15) is 0 Å². The molecule has 0 aliphatic heterocycles. The molecule has 0 radical (unpaired) electrons. The standard InChI is InChI=1S/C16H15BrN2O2S/c17-13-5-7-14(8-6-13)22(20,21)19-10-9-12-11-18-16-4-2-1-3-15(12)16/h1-8,11,18-19H,9-10H2. The molecule has 0 spiro atoms. The molecule has 1 aromatic heterocycles. The molecule has 0 unspecified atom stereocenters. The van der Waals surface area contributed by atoms with Crippen LogP contribution < -0.4 is 4.72 Å². The number of halogens is 1. The largest absolute Gasteiger partial charge is 0.361 e. The van der Waals surface area contributed by atoms with Crippen molar-refractivity contribution in [1.82, 2.24) is 9.71 Å². The molecule has 4 nitrogen and oxygen atoms in total. The number of aromatic amines is 1. The lowest BCUT2D eigenvalue weighted by atomic mass is 10.1. The number of benzene rings is 2. The van der Waals surface area contributed by atoms with Crippen molar-refractivity contribution in [2.45, 2.75) is 11.3 Å². The topological polar surface area (TPSA) is 62.0 Å². The van der Waals surface area contributed by atoms with Crippen LogP contribution in [0.3, 0.4) is 0 Å². The number of aromatic nitrogens is 1. The fourth-order valence-corrected chi connectivity index (χ4v) is 3.65.